The maximum atomic E-state index is 12.6. The molecule has 1 saturated heterocycles. The average Bonchev–Trinajstić information content (AvgIpc) is 2.67. The molecule has 0 radical (unpaired) electrons. The Hall–Kier alpha value is -2.43. The van der Waals surface area contributed by atoms with Crippen molar-refractivity contribution in [1.29, 1.82) is 5.26 Å². The van der Waals surface area contributed by atoms with Crippen LogP contribution in [0.4, 0.5) is 0 Å². The zero-order valence-corrected chi connectivity index (χ0v) is 16.5. The minimum absolute atomic E-state index is 0.0946. The topological polar surface area (TPSA) is 73.1 Å². The fourth-order valence-electron chi connectivity index (χ4n) is 3.13. The van der Waals surface area contributed by atoms with Gasteiger partial charge in [-0.2, -0.15) is 5.26 Å². The predicted molar refractivity (Wildman–Crippen MR) is 105 cm³/mol. The molecule has 0 saturated carbocycles. The molecule has 2 aromatic rings. The van der Waals surface area contributed by atoms with E-state index < -0.39 is 0 Å². The molecule has 2 heterocycles. The first-order chi connectivity index (χ1) is 13.1. The molecule has 0 bridgehead atoms. The van der Waals surface area contributed by atoms with Crippen LogP contribution in [0.5, 0.6) is 0 Å². The Bertz CT molecular complexity index is 841. The molecule has 140 valence electrons. The highest BCUT2D eigenvalue weighted by atomic mass is 32.2. The summed E-state index contributed by atoms with van der Waals surface area (Å²) in [6, 6.07) is 12.5. The van der Waals surface area contributed by atoms with Crippen molar-refractivity contribution in [2.75, 3.05) is 31.9 Å². The fourth-order valence-corrected chi connectivity index (χ4v) is 4.11. The Morgan fingerprint density at radius 1 is 1.15 bits per heavy atom. The van der Waals surface area contributed by atoms with Crippen LogP contribution in [0.15, 0.2) is 35.4 Å². The predicted octanol–water partition coefficient (Wildman–Crippen LogP) is 2.40. The highest BCUT2D eigenvalue weighted by Gasteiger charge is 2.22. The van der Waals surface area contributed by atoms with Crippen LogP contribution in [-0.4, -0.2) is 57.6 Å². The molecule has 0 aliphatic carbocycles. The molecular formula is C20H23N5OS. The lowest BCUT2D eigenvalue weighted by atomic mass is 10.2. The van der Waals surface area contributed by atoms with Crippen LogP contribution in [0.25, 0.3) is 0 Å². The summed E-state index contributed by atoms with van der Waals surface area (Å²) >= 11 is 1.33. The number of rotatable bonds is 5. The van der Waals surface area contributed by atoms with Crippen molar-refractivity contribution < 1.29 is 4.79 Å². The Balaban J connectivity index is 1.51. The number of carbonyl (C=O) groups excluding carboxylic acids is 1. The van der Waals surface area contributed by atoms with E-state index in [9.17, 15) is 10.1 Å². The molecule has 1 aromatic carbocycles. The van der Waals surface area contributed by atoms with Gasteiger partial charge in [0.05, 0.1) is 11.4 Å². The smallest absolute Gasteiger partial charge is 0.233 e. The van der Waals surface area contributed by atoms with Crippen molar-refractivity contribution >= 4 is 17.7 Å². The van der Waals surface area contributed by atoms with Crippen molar-refractivity contribution in [1.82, 2.24) is 19.8 Å². The number of aryl methyl sites for hydroxylation is 2. The number of hydrogen-bond acceptors (Lipinski definition) is 6. The van der Waals surface area contributed by atoms with E-state index in [4.69, 9.17) is 0 Å². The molecule has 0 unspecified atom stereocenters. The van der Waals surface area contributed by atoms with Crippen LogP contribution >= 0.6 is 11.8 Å². The first kappa shape index (κ1) is 19.3. The van der Waals surface area contributed by atoms with Gasteiger partial charge in [-0.3, -0.25) is 9.69 Å². The van der Waals surface area contributed by atoms with E-state index in [2.05, 4.69) is 45.2 Å². The standard InChI is InChI=1S/C20H23N5OS/c1-15-18(12-21)20(23-16(2)22-15)27-14-19(26)25-10-8-24(9-11-25)13-17-6-4-3-5-7-17/h3-7H,8-11,13-14H2,1-2H3. The molecule has 1 aromatic heterocycles. The summed E-state index contributed by atoms with van der Waals surface area (Å²) in [6.45, 7) is 7.74. The monoisotopic (exact) mass is 381 g/mol. The van der Waals surface area contributed by atoms with E-state index >= 15 is 0 Å². The zero-order chi connectivity index (χ0) is 19.2. The number of hydrogen-bond donors (Lipinski definition) is 0. The Morgan fingerprint density at radius 3 is 2.52 bits per heavy atom. The number of nitriles is 1. The first-order valence-electron chi connectivity index (χ1n) is 8.99. The third kappa shape index (κ3) is 5.06. The second-order valence-electron chi connectivity index (χ2n) is 6.58. The van der Waals surface area contributed by atoms with Gasteiger partial charge >= 0.3 is 0 Å². The van der Waals surface area contributed by atoms with Crippen LogP contribution in [0.1, 0.15) is 22.6 Å². The number of nitrogens with zero attached hydrogens (tertiary/aromatic N) is 5. The normalized spacial score (nSPS) is 14.8. The molecule has 6 nitrogen and oxygen atoms in total. The van der Waals surface area contributed by atoms with Gasteiger partial charge in [-0.15, -0.1) is 0 Å². The maximum absolute atomic E-state index is 12.6. The second-order valence-corrected chi connectivity index (χ2v) is 7.54. The summed E-state index contributed by atoms with van der Waals surface area (Å²) in [6.07, 6.45) is 0. The number of carbonyl (C=O) groups is 1. The van der Waals surface area contributed by atoms with Gasteiger partial charge in [0.15, 0.2) is 0 Å². The van der Waals surface area contributed by atoms with Crippen molar-refractivity contribution in [2.24, 2.45) is 0 Å². The van der Waals surface area contributed by atoms with Crippen LogP contribution < -0.4 is 0 Å². The Morgan fingerprint density at radius 2 is 1.85 bits per heavy atom. The molecule has 3 rings (SSSR count). The van der Waals surface area contributed by atoms with Gasteiger partial charge in [0.1, 0.15) is 22.5 Å². The molecule has 1 aliphatic heterocycles. The van der Waals surface area contributed by atoms with Crippen LogP contribution in [0, 0.1) is 25.2 Å². The average molecular weight is 382 g/mol. The third-order valence-electron chi connectivity index (χ3n) is 4.59. The highest BCUT2D eigenvalue weighted by molar-refractivity contribution is 8.00. The fraction of sp³-hybridized carbons (Fsp3) is 0.400. The summed E-state index contributed by atoms with van der Waals surface area (Å²) in [5.74, 6) is 1.01. The lowest BCUT2D eigenvalue weighted by molar-refractivity contribution is -0.130. The molecule has 0 spiro atoms. The summed E-state index contributed by atoms with van der Waals surface area (Å²) in [5, 5.41) is 9.91. The molecule has 7 heteroatoms. The molecule has 1 amide bonds. The van der Waals surface area contributed by atoms with Gasteiger partial charge in [0, 0.05) is 32.7 Å². The highest BCUT2D eigenvalue weighted by Crippen LogP contribution is 2.22. The molecular weight excluding hydrogens is 358 g/mol. The number of amides is 1. The number of piperazine rings is 1. The summed E-state index contributed by atoms with van der Waals surface area (Å²) < 4.78 is 0. The molecule has 1 fully saturated rings. The summed E-state index contributed by atoms with van der Waals surface area (Å²) in [7, 11) is 0. The van der Waals surface area contributed by atoms with E-state index in [-0.39, 0.29) is 5.91 Å². The van der Waals surface area contributed by atoms with Crippen LogP contribution in [-0.2, 0) is 11.3 Å². The lowest BCUT2D eigenvalue weighted by Gasteiger charge is -2.34. The largest absolute Gasteiger partial charge is 0.339 e. The summed E-state index contributed by atoms with van der Waals surface area (Å²) in [4.78, 5) is 25.4. The molecule has 27 heavy (non-hydrogen) atoms. The van der Waals surface area contributed by atoms with Crippen LogP contribution in [0.2, 0.25) is 0 Å². The Kier molecular flexibility index (Phi) is 6.43. The third-order valence-corrected chi connectivity index (χ3v) is 5.55. The molecule has 0 atom stereocenters. The van der Waals surface area contributed by atoms with E-state index in [1.807, 2.05) is 11.0 Å². The Labute approximate surface area is 164 Å². The van der Waals surface area contributed by atoms with Gasteiger partial charge in [-0.1, -0.05) is 42.1 Å². The molecule has 0 N–H and O–H groups in total. The minimum Gasteiger partial charge on any atom is -0.339 e. The first-order valence-corrected chi connectivity index (χ1v) is 9.97. The van der Waals surface area contributed by atoms with Crippen molar-refractivity contribution in [3.05, 3.63) is 53.0 Å². The van der Waals surface area contributed by atoms with Gasteiger partial charge in [-0.05, 0) is 19.4 Å². The van der Waals surface area contributed by atoms with Gasteiger partial charge in [-0.25, -0.2) is 9.97 Å². The van der Waals surface area contributed by atoms with E-state index in [0.717, 1.165) is 32.7 Å². The summed E-state index contributed by atoms with van der Waals surface area (Å²) in [5.41, 5.74) is 2.42. The number of thioether (sulfide) groups is 1. The number of aromatic nitrogens is 2. The molecule has 1 aliphatic rings. The van der Waals surface area contributed by atoms with Gasteiger partial charge in [0.2, 0.25) is 5.91 Å². The maximum Gasteiger partial charge on any atom is 0.233 e. The zero-order valence-electron chi connectivity index (χ0n) is 15.7. The van der Waals surface area contributed by atoms with Gasteiger partial charge in [0.25, 0.3) is 0 Å². The van der Waals surface area contributed by atoms with Gasteiger partial charge < -0.3 is 4.90 Å². The number of benzene rings is 1. The van der Waals surface area contributed by atoms with Crippen molar-refractivity contribution in [3.8, 4) is 6.07 Å². The van der Waals surface area contributed by atoms with Crippen LogP contribution in [0.3, 0.4) is 0 Å². The van der Waals surface area contributed by atoms with Crippen molar-refractivity contribution in [3.63, 3.8) is 0 Å². The van der Waals surface area contributed by atoms with Crippen molar-refractivity contribution in [2.45, 2.75) is 25.4 Å². The van der Waals surface area contributed by atoms with E-state index in [0.29, 0.717) is 27.9 Å². The second kappa shape index (κ2) is 8.98. The van der Waals surface area contributed by atoms with E-state index in [1.54, 1.807) is 13.8 Å². The quantitative estimate of drug-likeness (QED) is 0.585. The lowest BCUT2D eigenvalue weighted by Crippen LogP contribution is -2.48. The SMILES string of the molecule is Cc1nc(C)c(C#N)c(SCC(=O)N2CCN(Cc3ccccc3)CC2)n1. The van der Waals surface area contributed by atoms with E-state index in [1.165, 1.54) is 17.3 Å². The minimum atomic E-state index is 0.0946.